The second kappa shape index (κ2) is 6.40. The highest BCUT2D eigenvalue weighted by Gasteiger charge is 2.35. The largest absolute Gasteiger partial charge is 0.472 e. The first-order valence-corrected chi connectivity index (χ1v) is 8.72. The van der Waals surface area contributed by atoms with Crippen LogP contribution in [0.5, 0.6) is 5.88 Å². The second-order valence-corrected chi connectivity index (χ2v) is 7.39. The van der Waals surface area contributed by atoms with Crippen LogP contribution >= 0.6 is 0 Å². The van der Waals surface area contributed by atoms with E-state index in [4.69, 9.17) is 4.74 Å². The summed E-state index contributed by atoms with van der Waals surface area (Å²) in [6.45, 7) is 2.04. The summed E-state index contributed by atoms with van der Waals surface area (Å²) in [6.07, 6.45) is 0.0396. The molecular formula is C15H15F2N3O3S. The molecule has 3 rings (SSSR count). The number of nitrogens with zero attached hydrogens (tertiary/aromatic N) is 3. The fourth-order valence-corrected chi connectivity index (χ4v) is 3.99. The summed E-state index contributed by atoms with van der Waals surface area (Å²) >= 11 is 0. The van der Waals surface area contributed by atoms with Gasteiger partial charge in [0.1, 0.15) is 22.6 Å². The summed E-state index contributed by atoms with van der Waals surface area (Å²) in [6, 6.07) is 5.79. The molecule has 9 heteroatoms. The number of halogens is 2. The molecular weight excluding hydrogens is 340 g/mol. The molecule has 1 saturated heterocycles. The van der Waals surface area contributed by atoms with Crippen molar-refractivity contribution in [1.82, 2.24) is 14.5 Å². The van der Waals surface area contributed by atoms with Crippen molar-refractivity contribution in [3.05, 3.63) is 47.7 Å². The normalized spacial score (nSPS) is 18.7. The summed E-state index contributed by atoms with van der Waals surface area (Å²) in [5.41, 5.74) is 0.741. The monoisotopic (exact) mass is 355 g/mol. The first-order valence-electron chi connectivity index (χ1n) is 7.28. The number of hydrogen-bond donors (Lipinski definition) is 0. The average Bonchev–Trinajstić information content (AvgIpc) is 2.98. The van der Waals surface area contributed by atoms with E-state index in [2.05, 4.69) is 10.2 Å². The summed E-state index contributed by atoms with van der Waals surface area (Å²) in [7, 11) is -4.04. The Morgan fingerprint density at radius 2 is 2.00 bits per heavy atom. The van der Waals surface area contributed by atoms with E-state index in [1.807, 2.05) is 0 Å². The van der Waals surface area contributed by atoms with Gasteiger partial charge in [0.25, 0.3) is 0 Å². The molecule has 1 aromatic heterocycles. The van der Waals surface area contributed by atoms with Crippen LogP contribution in [0.15, 0.2) is 35.2 Å². The maximum Gasteiger partial charge on any atom is 0.246 e. The SMILES string of the molecule is Cc1ccc(OC2CCN(S(=O)(=O)c3ccc(F)cc3F)C2)nn1. The van der Waals surface area contributed by atoms with Crippen LogP contribution in [0.1, 0.15) is 12.1 Å². The van der Waals surface area contributed by atoms with Gasteiger partial charge in [0.2, 0.25) is 15.9 Å². The van der Waals surface area contributed by atoms with Crippen molar-refractivity contribution in [3.8, 4) is 5.88 Å². The second-order valence-electron chi connectivity index (χ2n) is 5.48. The van der Waals surface area contributed by atoms with E-state index in [0.29, 0.717) is 18.4 Å². The molecule has 1 aliphatic heterocycles. The molecule has 0 amide bonds. The van der Waals surface area contributed by atoms with Crippen LogP contribution in [0.3, 0.4) is 0 Å². The molecule has 0 aliphatic carbocycles. The van der Waals surface area contributed by atoms with Gasteiger partial charge in [-0.3, -0.25) is 0 Å². The molecule has 0 N–H and O–H groups in total. The predicted molar refractivity (Wildman–Crippen MR) is 80.9 cm³/mol. The molecule has 0 bridgehead atoms. The van der Waals surface area contributed by atoms with E-state index in [1.165, 1.54) is 0 Å². The van der Waals surface area contributed by atoms with E-state index in [0.717, 1.165) is 22.1 Å². The molecule has 1 aromatic carbocycles. The smallest absolute Gasteiger partial charge is 0.246 e. The molecule has 0 spiro atoms. The third-order valence-corrected chi connectivity index (χ3v) is 5.58. The fraction of sp³-hybridized carbons (Fsp3) is 0.333. The molecule has 2 heterocycles. The highest BCUT2D eigenvalue weighted by Crippen LogP contribution is 2.25. The Labute approximate surface area is 138 Å². The number of benzene rings is 1. The molecule has 6 nitrogen and oxygen atoms in total. The summed E-state index contributed by atoms with van der Waals surface area (Å²) in [4.78, 5) is -0.542. The van der Waals surface area contributed by atoms with E-state index in [-0.39, 0.29) is 13.1 Å². The van der Waals surface area contributed by atoms with Crippen molar-refractivity contribution in [3.63, 3.8) is 0 Å². The van der Waals surface area contributed by atoms with E-state index in [9.17, 15) is 17.2 Å². The molecule has 1 fully saturated rings. The van der Waals surface area contributed by atoms with E-state index in [1.54, 1.807) is 19.1 Å². The topological polar surface area (TPSA) is 72.4 Å². The Balaban J connectivity index is 1.73. The third-order valence-electron chi connectivity index (χ3n) is 3.68. The van der Waals surface area contributed by atoms with Crippen LogP contribution < -0.4 is 4.74 Å². The Morgan fingerprint density at radius 1 is 1.21 bits per heavy atom. The van der Waals surface area contributed by atoms with Crippen LogP contribution in [-0.2, 0) is 10.0 Å². The summed E-state index contributed by atoms with van der Waals surface area (Å²) in [5, 5.41) is 7.73. The van der Waals surface area contributed by atoms with Crippen LogP contribution in [0.25, 0.3) is 0 Å². The number of aromatic nitrogens is 2. The molecule has 0 radical (unpaired) electrons. The molecule has 0 saturated carbocycles. The van der Waals surface area contributed by atoms with Gasteiger partial charge < -0.3 is 4.74 Å². The van der Waals surface area contributed by atoms with Crippen molar-refractivity contribution < 1.29 is 21.9 Å². The van der Waals surface area contributed by atoms with Crippen molar-refractivity contribution >= 4 is 10.0 Å². The Hall–Kier alpha value is -2.13. The van der Waals surface area contributed by atoms with E-state index < -0.39 is 32.7 Å². The number of hydrogen-bond acceptors (Lipinski definition) is 5. The van der Waals surface area contributed by atoms with E-state index >= 15 is 0 Å². The minimum atomic E-state index is -4.04. The number of sulfonamides is 1. The number of rotatable bonds is 4. The highest BCUT2D eigenvalue weighted by molar-refractivity contribution is 7.89. The summed E-state index contributed by atoms with van der Waals surface area (Å²) < 4.78 is 58.5. The fourth-order valence-electron chi connectivity index (χ4n) is 2.46. The lowest BCUT2D eigenvalue weighted by atomic mass is 10.3. The van der Waals surface area contributed by atoms with Gasteiger partial charge in [-0.15, -0.1) is 5.10 Å². The van der Waals surface area contributed by atoms with Crippen LogP contribution in [0.2, 0.25) is 0 Å². The average molecular weight is 355 g/mol. The van der Waals surface area contributed by atoms with Gasteiger partial charge in [-0.05, 0) is 31.5 Å². The van der Waals surface area contributed by atoms with Gasteiger partial charge in [0.15, 0.2) is 0 Å². The standard InChI is InChI=1S/C15H15F2N3O3S/c1-10-2-5-15(19-18-10)23-12-6-7-20(9-12)24(21,22)14-4-3-11(16)8-13(14)17/h2-5,8,12H,6-7,9H2,1H3. The Kier molecular flexibility index (Phi) is 4.46. The molecule has 128 valence electrons. The Morgan fingerprint density at radius 3 is 2.67 bits per heavy atom. The van der Waals surface area contributed by atoms with Crippen molar-refractivity contribution in [2.24, 2.45) is 0 Å². The zero-order valence-corrected chi connectivity index (χ0v) is 13.6. The maximum absolute atomic E-state index is 13.8. The highest BCUT2D eigenvalue weighted by atomic mass is 32.2. The first-order chi connectivity index (χ1) is 11.4. The minimum Gasteiger partial charge on any atom is -0.472 e. The van der Waals surface area contributed by atoms with Gasteiger partial charge in [-0.1, -0.05) is 0 Å². The van der Waals surface area contributed by atoms with Gasteiger partial charge >= 0.3 is 0 Å². The quantitative estimate of drug-likeness (QED) is 0.838. The van der Waals surface area contributed by atoms with Gasteiger partial charge in [0, 0.05) is 18.7 Å². The lowest BCUT2D eigenvalue weighted by Gasteiger charge is -2.17. The van der Waals surface area contributed by atoms with Crippen LogP contribution in [0, 0.1) is 18.6 Å². The lowest BCUT2D eigenvalue weighted by Crippen LogP contribution is -2.31. The van der Waals surface area contributed by atoms with Crippen LogP contribution in [-0.4, -0.2) is 42.1 Å². The molecule has 2 aromatic rings. The minimum absolute atomic E-state index is 0.0642. The third kappa shape index (κ3) is 3.36. The molecule has 1 atom stereocenters. The van der Waals surface area contributed by atoms with Crippen LogP contribution in [0.4, 0.5) is 8.78 Å². The zero-order valence-electron chi connectivity index (χ0n) is 12.8. The summed E-state index contributed by atoms with van der Waals surface area (Å²) in [5.74, 6) is -1.63. The Bertz CT molecular complexity index is 844. The van der Waals surface area contributed by atoms with Crippen molar-refractivity contribution in [2.45, 2.75) is 24.3 Å². The lowest BCUT2D eigenvalue weighted by molar-refractivity contribution is 0.204. The molecule has 1 aliphatic rings. The van der Waals surface area contributed by atoms with Crippen molar-refractivity contribution in [1.29, 1.82) is 0 Å². The molecule has 24 heavy (non-hydrogen) atoms. The first kappa shape index (κ1) is 16.7. The number of ether oxygens (including phenoxy) is 1. The van der Waals surface area contributed by atoms with Gasteiger partial charge in [-0.2, -0.15) is 9.40 Å². The van der Waals surface area contributed by atoms with Gasteiger partial charge in [0.05, 0.1) is 12.2 Å². The van der Waals surface area contributed by atoms with Gasteiger partial charge in [-0.25, -0.2) is 17.2 Å². The molecule has 1 unspecified atom stereocenters. The predicted octanol–water partition coefficient (Wildman–Crippen LogP) is 1.91. The number of aryl methyl sites for hydroxylation is 1. The maximum atomic E-state index is 13.8. The van der Waals surface area contributed by atoms with Crippen molar-refractivity contribution in [2.75, 3.05) is 13.1 Å². The zero-order chi connectivity index (χ0) is 17.3.